The van der Waals surface area contributed by atoms with Gasteiger partial charge in [-0.3, -0.25) is 4.79 Å². The molecule has 0 saturated heterocycles. The number of carbonyl (C=O) groups is 2. The molecule has 0 spiro atoms. The first-order chi connectivity index (χ1) is 17.5. The molecule has 5 rings (SSSR count). The number of anilines is 3. The number of benzene rings is 3. The Morgan fingerprint density at radius 3 is 2.31 bits per heavy atom. The van der Waals surface area contributed by atoms with Gasteiger partial charge >= 0.3 is 6.03 Å². The third kappa shape index (κ3) is 5.70. The van der Waals surface area contributed by atoms with Crippen molar-refractivity contribution in [1.82, 2.24) is 5.32 Å². The van der Waals surface area contributed by atoms with Crippen molar-refractivity contribution in [2.75, 3.05) is 22.1 Å². The summed E-state index contributed by atoms with van der Waals surface area (Å²) in [6.45, 7) is 3.62. The number of carbonyl (C=O) groups excluding carboxylic acids is 2. The lowest BCUT2D eigenvalue weighted by Crippen LogP contribution is -2.38. The maximum atomic E-state index is 13.5. The van der Waals surface area contributed by atoms with Crippen LogP contribution in [-0.2, 0) is 13.0 Å². The zero-order chi connectivity index (χ0) is 24.9. The van der Waals surface area contributed by atoms with Crippen LogP contribution in [0, 0.1) is 6.92 Å². The van der Waals surface area contributed by atoms with E-state index < -0.39 is 0 Å². The molecule has 0 atom stereocenters. The first-order valence-electron chi connectivity index (χ1n) is 13.0. The summed E-state index contributed by atoms with van der Waals surface area (Å²) in [6, 6.07) is 21.7. The second-order valence-electron chi connectivity index (χ2n) is 9.93. The van der Waals surface area contributed by atoms with Crippen LogP contribution in [-0.4, -0.2) is 24.5 Å². The van der Waals surface area contributed by atoms with E-state index in [9.17, 15) is 9.59 Å². The van der Waals surface area contributed by atoms with Crippen molar-refractivity contribution in [1.29, 1.82) is 0 Å². The lowest BCUT2D eigenvalue weighted by molar-refractivity contribution is 0.0928. The van der Waals surface area contributed by atoms with Gasteiger partial charge in [-0.25, -0.2) is 4.79 Å². The Bertz CT molecular complexity index is 1230. The predicted octanol–water partition coefficient (Wildman–Crippen LogP) is 6.26. The minimum atomic E-state index is -0.336. The molecule has 3 aromatic rings. The first-order valence-corrected chi connectivity index (χ1v) is 13.0. The zero-order valence-electron chi connectivity index (χ0n) is 20.8. The summed E-state index contributed by atoms with van der Waals surface area (Å²) in [4.78, 5) is 28.4. The highest BCUT2D eigenvalue weighted by Gasteiger charge is 2.24. The van der Waals surface area contributed by atoms with Crippen LogP contribution in [0.3, 0.4) is 0 Å². The number of aryl methyl sites for hydroxylation is 1. The molecule has 3 N–H and O–H groups in total. The van der Waals surface area contributed by atoms with Gasteiger partial charge in [-0.2, -0.15) is 0 Å². The van der Waals surface area contributed by atoms with E-state index in [1.165, 1.54) is 17.5 Å². The Morgan fingerprint density at radius 1 is 0.833 bits per heavy atom. The lowest BCUT2D eigenvalue weighted by Gasteiger charge is -2.32. The molecule has 1 saturated carbocycles. The molecule has 2 aliphatic rings. The molecule has 0 aromatic heterocycles. The van der Waals surface area contributed by atoms with Gasteiger partial charge in [0.05, 0.1) is 5.56 Å². The van der Waals surface area contributed by atoms with E-state index in [4.69, 9.17) is 0 Å². The Hall–Kier alpha value is -3.80. The molecule has 36 heavy (non-hydrogen) atoms. The van der Waals surface area contributed by atoms with Gasteiger partial charge in [0.1, 0.15) is 0 Å². The fourth-order valence-electron chi connectivity index (χ4n) is 5.21. The molecule has 3 amide bonds. The molecule has 1 heterocycles. The summed E-state index contributed by atoms with van der Waals surface area (Å²) in [5.74, 6) is -0.0710. The smallest absolute Gasteiger partial charge is 0.323 e. The van der Waals surface area contributed by atoms with Gasteiger partial charge in [0.25, 0.3) is 5.91 Å². The van der Waals surface area contributed by atoms with E-state index in [1.54, 1.807) is 0 Å². The van der Waals surface area contributed by atoms with E-state index in [0.717, 1.165) is 62.1 Å². The molecular weight excluding hydrogens is 448 g/mol. The van der Waals surface area contributed by atoms with Crippen molar-refractivity contribution >= 4 is 29.0 Å². The second-order valence-corrected chi connectivity index (χ2v) is 9.93. The summed E-state index contributed by atoms with van der Waals surface area (Å²) in [5, 5.41) is 9.03. The highest BCUT2D eigenvalue weighted by atomic mass is 16.2. The molecular formula is C30H34N4O2. The van der Waals surface area contributed by atoms with Crippen LogP contribution in [0.1, 0.15) is 59.2 Å². The van der Waals surface area contributed by atoms with E-state index in [1.807, 2.05) is 49.4 Å². The number of nitrogens with zero attached hydrogens (tertiary/aromatic N) is 1. The van der Waals surface area contributed by atoms with Crippen molar-refractivity contribution in [2.45, 2.75) is 58.0 Å². The third-order valence-electron chi connectivity index (χ3n) is 7.22. The van der Waals surface area contributed by atoms with Crippen LogP contribution in [0.4, 0.5) is 21.9 Å². The molecule has 3 aromatic carbocycles. The minimum absolute atomic E-state index is 0.0710. The van der Waals surface area contributed by atoms with Crippen LogP contribution in [0.15, 0.2) is 66.7 Å². The van der Waals surface area contributed by atoms with Crippen molar-refractivity contribution in [3.63, 3.8) is 0 Å². The first kappa shape index (κ1) is 23.9. The molecule has 0 bridgehead atoms. The van der Waals surface area contributed by atoms with E-state index in [2.05, 4.69) is 45.1 Å². The van der Waals surface area contributed by atoms with Gasteiger partial charge in [-0.1, -0.05) is 61.2 Å². The van der Waals surface area contributed by atoms with Gasteiger partial charge < -0.3 is 20.9 Å². The topological polar surface area (TPSA) is 73.5 Å². The number of rotatable bonds is 5. The quantitative estimate of drug-likeness (QED) is 0.402. The predicted molar refractivity (Wildman–Crippen MR) is 146 cm³/mol. The molecule has 186 valence electrons. The molecule has 0 radical (unpaired) electrons. The number of hydrogen-bond acceptors (Lipinski definition) is 3. The largest absolute Gasteiger partial charge is 0.366 e. The SMILES string of the molecule is Cc1ccc(NC(=O)Nc2ccc(N3CCc4ccccc4C3)c(C(=O)NC3CCCCC3)c2)cc1. The number of urea groups is 1. The van der Waals surface area contributed by atoms with Gasteiger partial charge in [-0.05, 0) is 67.6 Å². The van der Waals surface area contributed by atoms with Crippen molar-refractivity contribution in [3.8, 4) is 0 Å². The summed E-state index contributed by atoms with van der Waals surface area (Å²) < 4.78 is 0. The molecule has 6 heteroatoms. The number of amides is 3. The van der Waals surface area contributed by atoms with Crippen LogP contribution in [0.25, 0.3) is 0 Å². The molecule has 1 fully saturated rings. The molecule has 1 aliphatic carbocycles. The lowest BCUT2D eigenvalue weighted by atomic mass is 9.95. The van der Waals surface area contributed by atoms with Gasteiger partial charge in [0.15, 0.2) is 0 Å². The Kier molecular flexibility index (Phi) is 7.21. The van der Waals surface area contributed by atoms with E-state index >= 15 is 0 Å². The normalized spacial score (nSPS) is 15.6. The fourth-order valence-corrected chi connectivity index (χ4v) is 5.21. The van der Waals surface area contributed by atoms with Crippen molar-refractivity contribution < 1.29 is 9.59 Å². The zero-order valence-corrected chi connectivity index (χ0v) is 20.8. The third-order valence-corrected chi connectivity index (χ3v) is 7.22. The Balaban J connectivity index is 1.37. The number of fused-ring (bicyclic) bond motifs is 1. The number of hydrogen-bond donors (Lipinski definition) is 3. The maximum absolute atomic E-state index is 13.5. The summed E-state index contributed by atoms with van der Waals surface area (Å²) >= 11 is 0. The van der Waals surface area contributed by atoms with Gasteiger partial charge in [0.2, 0.25) is 0 Å². The average Bonchev–Trinajstić information content (AvgIpc) is 2.90. The monoisotopic (exact) mass is 482 g/mol. The van der Waals surface area contributed by atoms with Crippen LogP contribution in [0.5, 0.6) is 0 Å². The average molecular weight is 483 g/mol. The van der Waals surface area contributed by atoms with Crippen LogP contribution < -0.4 is 20.9 Å². The highest BCUT2D eigenvalue weighted by molar-refractivity contribution is 6.04. The molecule has 6 nitrogen and oxygen atoms in total. The minimum Gasteiger partial charge on any atom is -0.366 e. The van der Waals surface area contributed by atoms with Gasteiger partial charge in [0, 0.05) is 36.2 Å². The summed E-state index contributed by atoms with van der Waals surface area (Å²) in [5.41, 5.74) is 6.61. The van der Waals surface area contributed by atoms with Crippen molar-refractivity contribution in [2.24, 2.45) is 0 Å². The standard InChI is InChI=1S/C30H34N4O2/c1-21-11-13-25(14-12-21)32-30(36)33-26-15-16-28(34-18-17-22-7-5-6-8-23(22)20-34)27(19-26)29(35)31-24-9-3-2-4-10-24/h5-8,11-16,19,24H,2-4,9-10,17-18,20H2,1H3,(H,31,35)(H2,32,33,36). The Labute approximate surface area is 213 Å². The van der Waals surface area contributed by atoms with E-state index in [0.29, 0.717) is 11.3 Å². The molecule has 0 unspecified atom stereocenters. The summed E-state index contributed by atoms with van der Waals surface area (Å²) in [6.07, 6.45) is 6.53. The van der Waals surface area contributed by atoms with E-state index in [-0.39, 0.29) is 18.0 Å². The second kappa shape index (κ2) is 10.9. The van der Waals surface area contributed by atoms with Crippen molar-refractivity contribution in [3.05, 3.63) is 89.0 Å². The summed E-state index contributed by atoms with van der Waals surface area (Å²) in [7, 11) is 0. The van der Waals surface area contributed by atoms with Crippen LogP contribution in [0.2, 0.25) is 0 Å². The number of nitrogens with one attached hydrogen (secondary N) is 3. The maximum Gasteiger partial charge on any atom is 0.323 e. The highest BCUT2D eigenvalue weighted by Crippen LogP contribution is 2.30. The van der Waals surface area contributed by atoms with Crippen LogP contribution >= 0.6 is 0 Å². The van der Waals surface area contributed by atoms with Gasteiger partial charge in [-0.15, -0.1) is 0 Å². The molecule has 1 aliphatic heterocycles. The Morgan fingerprint density at radius 2 is 1.53 bits per heavy atom. The fraction of sp³-hybridized carbons (Fsp3) is 0.333.